The molecule has 2 aromatic rings. The van der Waals surface area contributed by atoms with Gasteiger partial charge in [-0.15, -0.1) is 0 Å². The summed E-state index contributed by atoms with van der Waals surface area (Å²) in [5.41, 5.74) is -0.479. The summed E-state index contributed by atoms with van der Waals surface area (Å²) in [5, 5.41) is 2.85. The Hall–Kier alpha value is -3.14. The molecule has 10 heteroatoms. The minimum atomic E-state index is -4.09. The minimum absolute atomic E-state index is 0.0361. The van der Waals surface area contributed by atoms with E-state index in [4.69, 9.17) is 9.47 Å². The molecule has 1 heterocycles. The van der Waals surface area contributed by atoms with Crippen LogP contribution in [-0.2, 0) is 30.8 Å². The molecule has 1 aliphatic heterocycles. The fourth-order valence-electron chi connectivity index (χ4n) is 4.18. The molecule has 0 spiro atoms. The fourth-order valence-corrected chi connectivity index (χ4v) is 5.67. The molecule has 1 atom stereocenters. The van der Waals surface area contributed by atoms with Crippen LogP contribution in [0.3, 0.4) is 0 Å². The van der Waals surface area contributed by atoms with Crippen molar-refractivity contribution in [1.82, 2.24) is 5.32 Å². The molecule has 1 N–H and O–H groups in total. The van der Waals surface area contributed by atoms with Gasteiger partial charge in [-0.25, -0.2) is 12.8 Å². The second-order valence-electron chi connectivity index (χ2n) is 10.6. The highest BCUT2D eigenvalue weighted by atomic mass is 32.2. The fraction of sp³-hybridized carbons (Fsp3) is 0.462. The minimum Gasteiger partial charge on any atom is -0.486 e. The monoisotopic (exact) mass is 520 g/mol. The van der Waals surface area contributed by atoms with Crippen molar-refractivity contribution < 1.29 is 31.9 Å². The molecule has 1 aliphatic rings. The number of rotatable bonds is 7. The van der Waals surface area contributed by atoms with Gasteiger partial charge in [-0.2, -0.15) is 0 Å². The molecule has 0 fully saturated rings. The molecular formula is C26H33FN2O6S. The lowest BCUT2D eigenvalue weighted by Gasteiger charge is -2.39. The lowest BCUT2D eigenvalue weighted by atomic mass is 9.95. The zero-order chi connectivity index (χ0) is 26.9. The van der Waals surface area contributed by atoms with Gasteiger partial charge in [0.25, 0.3) is 10.0 Å². The van der Waals surface area contributed by atoms with Crippen LogP contribution in [-0.4, -0.2) is 44.1 Å². The maximum Gasteiger partial charge on any atom is 0.310 e. The van der Waals surface area contributed by atoms with Crippen molar-refractivity contribution in [2.24, 2.45) is 0 Å². The van der Waals surface area contributed by atoms with Crippen molar-refractivity contribution in [3.8, 4) is 5.75 Å². The Morgan fingerprint density at radius 1 is 1.11 bits per heavy atom. The van der Waals surface area contributed by atoms with E-state index in [1.165, 1.54) is 23.4 Å². The van der Waals surface area contributed by atoms with Gasteiger partial charge in [0.1, 0.15) is 23.3 Å². The number of anilines is 1. The Kier molecular flexibility index (Phi) is 7.69. The van der Waals surface area contributed by atoms with Crippen molar-refractivity contribution in [3.05, 3.63) is 53.8 Å². The van der Waals surface area contributed by atoms with E-state index < -0.39 is 39.1 Å². The third-order valence-corrected chi connectivity index (χ3v) is 7.17. The number of nitrogens with zero attached hydrogens (tertiary/aromatic N) is 1. The second-order valence-corrected chi connectivity index (χ2v) is 12.4. The molecule has 3 rings (SSSR count). The molecule has 196 valence electrons. The number of fused-ring (bicyclic) bond motifs is 1. The maximum atomic E-state index is 13.7. The third kappa shape index (κ3) is 6.96. The number of hydrogen-bond acceptors (Lipinski definition) is 6. The van der Waals surface area contributed by atoms with E-state index in [0.29, 0.717) is 17.7 Å². The predicted octanol–water partition coefficient (Wildman–Crippen LogP) is 3.97. The SMILES string of the molecule is CC(=O)NC(C)(C)C[C@H]1CN(S(=O)(=O)c2ccc(F)cc2)c2cc(CC(=O)OC(C)(C)C)ccc2O1. The molecule has 0 bridgehead atoms. The number of benzene rings is 2. The van der Waals surface area contributed by atoms with E-state index in [0.717, 1.165) is 12.1 Å². The molecule has 0 aliphatic carbocycles. The molecule has 0 radical (unpaired) electrons. The first-order valence-corrected chi connectivity index (χ1v) is 13.1. The number of sulfonamides is 1. The van der Waals surface area contributed by atoms with E-state index in [1.807, 2.05) is 13.8 Å². The van der Waals surface area contributed by atoms with E-state index in [9.17, 15) is 22.4 Å². The largest absolute Gasteiger partial charge is 0.486 e. The Morgan fingerprint density at radius 2 is 1.75 bits per heavy atom. The summed E-state index contributed by atoms with van der Waals surface area (Å²) in [6.07, 6.45) is -0.291. The molecule has 1 amide bonds. The van der Waals surface area contributed by atoms with Crippen LogP contribution < -0.4 is 14.4 Å². The number of esters is 1. The van der Waals surface area contributed by atoms with Gasteiger partial charge in [0, 0.05) is 18.9 Å². The third-order valence-electron chi connectivity index (χ3n) is 5.38. The first-order chi connectivity index (χ1) is 16.6. The van der Waals surface area contributed by atoms with Gasteiger partial charge >= 0.3 is 5.97 Å². The Bertz CT molecular complexity index is 1240. The van der Waals surface area contributed by atoms with Gasteiger partial charge in [-0.1, -0.05) is 6.07 Å². The summed E-state index contributed by atoms with van der Waals surface area (Å²) >= 11 is 0. The van der Waals surface area contributed by atoms with Crippen LogP contribution in [0.2, 0.25) is 0 Å². The number of carbonyl (C=O) groups excluding carboxylic acids is 2. The quantitative estimate of drug-likeness (QED) is 0.555. The number of ether oxygens (including phenoxy) is 2. The predicted molar refractivity (Wildman–Crippen MR) is 134 cm³/mol. The lowest BCUT2D eigenvalue weighted by molar-refractivity contribution is -0.153. The molecule has 0 unspecified atom stereocenters. The van der Waals surface area contributed by atoms with Crippen molar-refractivity contribution >= 4 is 27.6 Å². The average Bonchev–Trinajstić information content (AvgIpc) is 2.71. The lowest BCUT2D eigenvalue weighted by Crippen LogP contribution is -2.50. The topological polar surface area (TPSA) is 102 Å². The maximum absolute atomic E-state index is 13.7. The molecule has 0 saturated carbocycles. The number of hydrogen-bond donors (Lipinski definition) is 1. The highest BCUT2D eigenvalue weighted by Gasteiger charge is 2.37. The number of amides is 1. The molecule has 0 aromatic heterocycles. The second kappa shape index (κ2) is 10.1. The summed E-state index contributed by atoms with van der Waals surface area (Å²) < 4.78 is 53.6. The summed E-state index contributed by atoms with van der Waals surface area (Å²) in [7, 11) is -4.09. The van der Waals surface area contributed by atoms with E-state index in [1.54, 1.807) is 39.0 Å². The average molecular weight is 521 g/mol. The van der Waals surface area contributed by atoms with Crippen LogP contribution in [0, 0.1) is 5.82 Å². The Labute approximate surface area is 211 Å². The van der Waals surface area contributed by atoms with Gasteiger partial charge in [0.15, 0.2) is 0 Å². The van der Waals surface area contributed by atoms with Crippen LogP contribution in [0.4, 0.5) is 10.1 Å². The van der Waals surface area contributed by atoms with Crippen LogP contribution in [0.5, 0.6) is 5.75 Å². The smallest absolute Gasteiger partial charge is 0.310 e. The number of halogens is 1. The van der Waals surface area contributed by atoms with Crippen molar-refractivity contribution in [2.45, 2.75) is 76.5 Å². The van der Waals surface area contributed by atoms with Crippen LogP contribution in [0.15, 0.2) is 47.4 Å². The molecule has 36 heavy (non-hydrogen) atoms. The molecular weight excluding hydrogens is 487 g/mol. The normalized spacial score (nSPS) is 16.1. The van der Waals surface area contributed by atoms with Crippen LogP contribution >= 0.6 is 0 Å². The molecule has 8 nitrogen and oxygen atoms in total. The van der Waals surface area contributed by atoms with E-state index >= 15 is 0 Å². The highest BCUT2D eigenvalue weighted by molar-refractivity contribution is 7.92. The van der Waals surface area contributed by atoms with E-state index in [-0.39, 0.29) is 29.5 Å². The summed E-state index contributed by atoms with van der Waals surface area (Å²) in [4.78, 5) is 23.9. The van der Waals surface area contributed by atoms with Crippen LogP contribution in [0.25, 0.3) is 0 Å². The standard InChI is InChI=1S/C26H33FN2O6S/c1-17(30)28-26(5,6)15-20-16-29(36(32,33)21-10-8-19(27)9-11-21)22-13-18(7-12-23(22)34-20)14-24(31)35-25(2,3)4/h7-13,20H,14-16H2,1-6H3,(H,28,30)/t20-/m0/s1. The van der Waals surface area contributed by atoms with Gasteiger partial charge < -0.3 is 14.8 Å². The van der Waals surface area contributed by atoms with Crippen molar-refractivity contribution in [3.63, 3.8) is 0 Å². The Balaban J connectivity index is 2.00. The first kappa shape index (κ1) is 27.4. The molecule has 2 aromatic carbocycles. The zero-order valence-corrected chi connectivity index (χ0v) is 22.2. The van der Waals surface area contributed by atoms with Gasteiger partial charge in [0.2, 0.25) is 5.91 Å². The number of carbonyl (C=O) groups is 2. The van der Waals surface area contributed by atoms with Crippen LogP contribution in [0.1, 0.15) is 53.5 Å². The highest BCUT2D eigenvalue weighted by Crippen LogP contribution is 2.39. The molecule has 0 saturated heterocycles. The summed E-state index contributed by atoms with van der Waals surface area (Å²) in [6.45, 7) is 10.3. The van der Waals surface area contributed by atoms with Gasteiger partial charge in [-0.3, -0.25) is 13.9 Å². The summed E-state index contributed by atoms with van der Waals surface area (Å²) in [5.74, 6) is -0.879. The van der Waals surface area contributed by atoms with Crippen molar-refractivity contribution in [1.29, 1.82) is 0 Å². The summed E-state index contributed by atoms with van der Waals surface area (Å²) in [6, 6.07) is 9.50. The Morgan fingerprint density at radius 3 is 2.33 bits per heavy atom. The van der Waals surface area contributed by atoms with Gasteiger partial charge in [-0.05, 0) is 76.6 Å². The van der Waals surface area contributed by atoms with Gasteiger partial charge in [0.05, 0.1) is 23.5 Å². The van der Waals surface area contributed by atoms with Crippen molar-refractivity contribution in [2.75, 3.05) is 10.8 Å². The first-order valence-electron chi connectivity index (χ1n) is 11.6. The zero-order valence-electron chi connectivity index (χ0n) is 21.4. The number of nitrogens with one attached hydrogen (secondary N) is 1. The van der Waals surface area contributed by atoms with E-state index in [2.05, 4.69) is 5.32 Å².